The van der Waals surface area contributed by atoms with Crippen molar-refractivity contribution in [3.05, 3.63) is 54.1 Å². The number of amides is 1. The predicted molar refractivity (Wildman–Crippen MR) is 77.8 cm³/mol. The van der Waals surface area contributed by atoms with Gasteiger partial charge in [-0.1, -0.05) is 44.2 Å². The minimum absolute atomic E-state index is 0.195. The topological polar surface area (TPSA) is 72.9 Å². The van der Waals surface area contributed by atoms with Crippen LogP contribution in [0.25, 0.3) is 0 Å². The third-order valence-corrected chi connectivity index (χ3v) is 3.30. The highest BCUT2D eigenvalue weighted by atomic mass is 16.2. The van der Waals surface area contributed by atoms with Gasteiger partial charge < -0.3 is 4.57 Å². The van der Waals surface area contributed by atoms with Gasteiger partial charge in [-0.3, -0.25) is 10.2 Å². The molecular weight excluding hydrogens is 252 g/mol. The molecule has 2 rings (SSSR count). The normalized spacial score (nSPS) is 12.4. The fraction of sp³-hybridized carbons (Fsp3) is 0.333. The van der Waals surface area contributed by atoms with Crippen molar-refractivity contribution in [1.29, 1.82) is 0 Å². The summed E-state index contributed by atoms with van der Waals surface area (Å²) in [5.41, 5.74) is 3.20. The lowest BCUT2D eigenvalue weighted by atomic mass is 9.98. The van der Waals surface area contributed by atoms with E-state index in [1.807, 2.05) is 41.1 Å². The number of nitrogens with two attached hydrogens (primary N) is 1. The third kappa shape index (κ3) is 3.05. The zero-order valence-corrected chi connectivity index (χ0v) is 11.8. The largest absolute Gasteiger partial charge is 0.334 e. The molecule has 1 atom stereocenters. The molecule has 0 saturated carbocycles. The van der Waals surface area contributed by atoms with Crippen molar-refractivity contribution in [1.82, 2.24) is 15.0 Å². The molecule has 1 amide bonds. The Morgan fingerprint density at radius 1 is 1.35 bits per heavy atom. The van der Waals surface area contributed by atoms with Crippen LogP contribution < -0.4 is 11.3 Å². The number of carbonyl (C=O) groups is 1. The fourth-order valence-electron chi connectivity index (χ4n) is 2.30. The Bertz CT molecular complexity index is 562. The van der Waals surface area contributed by atoms with E-state index in [1.54, 1.807) is 6.20 Å². The first kappa shape index (κ1) is 14.3. The average Bonchev–Trinajstić information content (AvgIpc) is 2.93. The van der Waals surface area contributed by atoms with Gasteiger partial charge in [-0.25, -0.2) is 10.8 Å². The lowest BCUT2D eigenvalue weighted by Gasteiger charge is -2.18. The molecule has 0 radical (unpaired) electrons. The van der Waals surface area contributed by atoms with Crippen LogP contribution in [0.3, 0.4) is 0 Å². The van der Waals surface area contributed by atoms with Gasteiger partial charge in [0.25, 0.3) is 0 Å². The van der Waals surface area contributed by atoms with Crippen molar-refractivity contribution in [2.45, 2.75) is 32.2 Å². The van der Waals surface area contributed by atoms with Gasteiger partial charge in [0.15, 0.2) is 0 Å². The number of hydrazine groups is 1. The molecule has 5 nitrogen and oxygen atoms in total. The molecule has 0 aliphatic heterocycles. The summed E-state index contributed by atoms with van der Waals surface area (Å²) in [5, 5.41) is 0. The molecule has 5 heteroatoms. The first-order valence-electron chi connectivity index (χ1n) is 6.70. The molecule has 20 heavy (non-hydrogen) atoms. The Morgan fingerprint density at radius 2 is 2.05 bits per heavy atom. The summed E-state index contributed by atoms with van der Waals surface area (Å²) in [7, 11) is 0. The first-order chi connectivity index (χ1) is 9.63. The van der Waals surface area contributed by atoms with Crippen LogP contribution in [0.5, 0.6) is 0 Å². The fourth-order valence-corrected chi connectivity index (χ4v) is 2.30. The van der Waals surface area contributed by atoms with Gasteiger partial charge >= 0.3 is 0 Å². The maximum atomic E-state index is 12.0. The van der Waals surface area contributed by atoms with Crippen LogP contribution in [0.15, 0.2) is 42.7 Å². The quantitative estimate of drug-likeness (QED) is 0.495. The van der Waals surface area contributed by atoms with E-state index < -0.39 is 0 Å². The molecule has 1 unspecified atom stereocenters. The van der Waals surface area contributed by atoms with Crippen LogP contribution in [-0.4, -0.2) is 15.5 Å². The van der Waals surface area contributed by atoms with Gasteiger partial charge in [-0.15, -0.1) is 0 Å². The van der Waals surface area contributed by atoms with Crippen molar-refractivity contribution in [3.63, 3.8) is 0 Å². The van der Waals surface area contributed by atoms with E-state index in [-0.39, 0.29) is 11.8 Å². The molecule has 106 valence electrons. The monoisotopic (exact) mass is 272 g/mol. The van der Waals surface area contributed by atoms with E-state index in [0.29, 0.717) is 12.5 Å². The smallest absolute Gasteiger partial charge is 0.243 e. The highest BCUT2D eigenvalue weighted by Gasteiger charge is 2.21. The molecule has 2 aromatic rings. The van der Waals surface area contributed by atoms with Gasteiger partial charge in [0.1, 0.15) is 5.82 Å². The molecule has 1 heterocycles. The van der Waals surface area contributed by atoms with E-state index in [4.69, 9.17) is 5.84 Å². The maximum absolute atomic E-state index is 12.0. The van der Waals surface area contributed by atoms with Gasteiger partial charge in [0.05, 0.1) is 5.92 Å². The zero-order chi connectivity index (χ0) is 14.5. The number of carbonyl (C=O) groups excluding carboxylic acids is 1. The first-order valence-corrected chi connectivity index (χ1v) is 6.70. The summed E-state index contributed by atoms with van der Waals surface area (Å²) in [5.74, 6) is 6.07. The SMILES string of the molecule is CC(C)c1nccn1CC(C(=O)NN)c1ccccc1. The highest BCUT2D eigenvalue weighted by molar-refractivity contribution is 5.83. The Balaban J connectivity index is 2.29. The van der Waals surface area contributed by atoms with E-state index in [9.17, 15) is 4.79 Å². The average molecular weight is 272 g/mol. The number of benzene rings is 1. The number of rotatable bonds is 5. The molecule has 0 bridgehead atoms. The van der Waals surface area contributed by atoms with E-state index in [1.165, 1.54) is 0 Å². The van der Waals surface area contributed by atoms with Crippen LogP contribution >= 0.6 is 0 Å². The number of imidazole rings is 1. The molecule has 0 saturated heterocycles. The Labute approximate surface area is 118 Å². The second-order valence-corrected chi connectivity index (χ2v) is 5.06. The third-order valence-electron chi connectivity index (χ3n) is 3.30. The van der Waals surface area contributed by atoms with Gasteiger partial charge in [0.2, 0.25) is 5.91 Å². The van der Waals surface area contributed by atoms with Gasteiger partial charge in [-0.05, 0) is 5.56 Å². The summed E-state index contributed by atoms with van der Waals surface area (Å²) in [6.45, 7) is 4.69. The van der Waals surface area contributed by atoms with Gasteiger partial charge in [-0.2, -0.15) is 0 Å². The van der Waals surface area contributed by atoms with Crippen LogP contribution in [-0.2, 0) is 11.3 Å². The van der Waals surface area contributed by atoms with Crippen LogP contribution in [0.1, 0.15) is 37.1 Å². The number of hydrogen-bond acceptors (Lipinski definition) is 3. The second-order valence-electron chi connectivity index (χ2n) is 5.06. The Morgan fingerprint density at radius 3 is 2.65 bits per heavy atom. The molecule has 0 fully saturated rings. The molecule has 1 aromatic heterocycles. The summed E-state index contributed by atoms with van der Waals surface area (Å²) in [4.78, 5) is 16.4. The molecule has 0 aliphatic carbocycles. The van der Waals surface area contributed by atoms with E-state index in [2.05, 4.69) is 24.3 Å². The number of aromatic nitrogens is 2. The zero-order valence-electron chi connectivity index (χ0n) is 11.8. The van der Waals surface area contributed by atoms with Gasteiger partial charge in [0, 0.05) is 24.9 Å². The lowest BCUT2D eigenvalue weighted by molar-refractivity contribution is -0.122. The van der Waals surface area contributed by atoms with Crippen LogP contribution in [0.2, 0.25) is 0 Å². The molecule has 1 aromatic carbocycles. The van der Waals surface area contributed by atoms with E-state index >= 15 is 0 Å². The van der Waals surface area contributed by atoms with Crippen molar-refractivity contribution in [3.8, 4) is 0 Å². The minimum Gasteiger partial charge on any atom is -0.334 e. The van der Waals surface area contributed by atoms with Crippen molar-refractivity contribution in [2.24, 2.45) is 5.84 Å². The molecule has 0 aliphatic rings. The summed E-state index contributed by atoms with van der Waals surface area (Å²) < 4.78 is 2.01. The molecule has 3 N–H and O–H groups in total. The number of hydrogen-bond donors (Lipinski definition) is 2. The van der Waals surface area contributed by atoms with Crippen LogP contribution in [0, 0.1) is 0 Å². The predicted octanol–water partition coefficient (Wildman–Crippen LogP) is 1.78. The van der Waals surface area contributed by atoms with Crippen molar-refractivity contribution < 1.29 is 4.79 Å². The molecule has 0 spiro atoms. The van der Waals surface area contributed by atoms with Crippen molar-refractivity contribution >= 4 is 5.91 Å². The Kier molecular flexibility index (Phi) is 4.53. The summed E-state index contributed by atoms with van der Waals surface area (Å²) in [6.07, 6.45) is 3.66. The number of nitrogens with one attached hydrogen (secondary N) is 1. The summed E-state index contributed by atoms with van der Waals surface area (Å²) >= 11 is 0. The van der Waals surface area contributed by atoms with E-state index in [0.717, 1.165) is 11.4 Å². The minimum atomic E-state index is -0.326. The molecular formula is C15H20N4O. The highest BCUT2D eigenvalue weighted by Crippen LogP contribution is 2.21. The standard InChI is InChI=1S/C15H20N4O/c1-11(2)14-17-8-9-19(14)10-13(15(20)18-16)12-6-4-3-5-7-12/h3-9,11,13H,10,16H2,1-2H3,(H,18,20). The number of nitrogens with zero attached hydrogens (tertiary/aromatic N) is 2. The van der Waals surface area contributed by atoms with Crippen molar-refractivity contribution in [2.75, 3.05) is 0 Å². The maximum Gasteiger partial charge on any atom is 0.243 e. The lowest BCUT2D eigenvalue weighted by Crippen LogP contribution is -2.36. The van der Waals surface area contributed by atoms with Crippen LogP contribution in [0.4, 0.5) is 0 Å². The Hall–Kier alpha value is -2.14. The second kappa shape index (κ2) is 6.34. The summed E-state index contributed by atoms with van der Waals surface area (Å²) in [6, 6.07) is 9.64.